The Hall–Kier alpha value is -0.320. The van der Waals surface area contributed by atoms with Gasteiger partial charge in [0.15, 0.2) is 0 Å². The Kier molecular flexibility index (Phi) is 15.2. The summed E-state index contributed by atoms with van der Waals surface area (Å²) in [6.45, 7) is 10.9. The molecule has 3 amide bonds. The van der Waals surface area contributed by atoms with Crippen LogP contribution in [0, 0.1) is 45.5 Å². The van der Waals surface area contributed by atoms with Gasteiger partial charge in [0.2, 0.25) is 0 Å². The zero-order valence-corrected chi connectivity index (χ0v) is 35.1. The van der Waals surface area contributed by atoms with E-state index in [2.05, 4.69) is 152 Å². The van der Waals surface area contributed by atoms with Gasteiger partial charge < -0.3 is 16.0 Å². The van der Waals surface area contributed by atoms with Gasteiger partial charge in [0.25, 0.3) is 17.7 Å². The SMILES string of the molecule is Cc1cc(I)c(C)c(C(=O)NCCN(CCNC(=O)c2cc(I)cc(I)c2C)CCNC(=O)c2cc(I)cc(C)c2I)c1. The molecule has 3 N–H and O–H groups in total. The topological polar surface area (TPSA) is 90.5 Å². The van der Waals surface area contributed by atoms with E-state index in [9.17, 15) is 14.4 Å². The van der Waals surface area contributed by atoms with Crippen molar-refractivity contribution in [2.24, 2.45) is 0 Å². The van der Waals surface area contributed by atoms with Gasteiger partial charge in [-0.25, -0.2) is 0 Å². The molecule has 0 saturated heterocycles. The van der Waals surface area contributed by atoms with Crippen molar-refractivity contribution in [3.8, 4) is 0 Å². The molecule has 0 aliphatic heterocycles. The van der Waals surface area contributed by atoms with Crippen LogP contribution in [0.15, 0.2) is 36.4 Å². The monoisotopic (exact) mass is 1140 g/mol. The van der Waals surface area contributed by atoms with Gasteiger partial charge in [0, 0.05) is 68.2 Å². The molecule has 0 aromatic heterocycles. The van der Waals surface area contributed by atoms with Crippen molar-refractivity contribution in [2.45, 2.75) is 27.7 Å². The van der Waals surface area contributed by atoms with Crippen LogP contribution in [-0.2, 0) is 0 Å². The van der Waals surface area contributed by atoms with E-state index in [0.29, 0.717) is 56.0 Å². The number of nitrogens with one attached hydrogen (secondary N) is 3. The smallest absolute Gasteiger partial charge is 0.252 e. The highest BCUT2D eigenvalue weighted by Gasteiger charge is 2.16. The summed E-state index contributed by atoms with van der Waals surface area (Å²) in [5.74, 6) is -0.322. The van der Waals surface area contributed by atoms with E-state index >= 15 is 0 Å². The predicted molar refractivity (Wildman–Crippen MR) is 215 cm³/mol. The van der Waals surface area contributed by atoms with Crippen molar-refractivity contribution in [1.29, 1.82) is 0 Å². The van der Waals surface area contributed by atoms with E-state index in [1.807, 2.05) is 45.9 Å². The van der Waals surface area contributed by atoms with Crippen molar-refractivity contribution in [1.82, 2.24) is 20.9 Å². The molecule has 3 aromatic carbocycles. The molecule has 0 spiro atoms. The van der Waals surface area contributed by atoms with Crippen molar-refractivity contribution in [3.05, 3.63) is 93.2 Å². The second-order valence-electron chi connectivity index (χ2n) is 10.2. The second-order valence-corrected chi connectivity index (χ2v) is 16.1. The lowest BCUT2D eigenvalue weighted by atomic mass is 10.1. The fourth-order valence-electron chi connectivity index (χ4n) is 4.43. The fraction of sp³-hybridized carbons (Fsp3) is 0.323. The van der Waals surface area contributed by atoms with Crippen molar-refractivity contribution in [3.63, 3.8) is 0 Å². The first-order chi connectivity index (χ1) is 20.3. The minimum absolute atomic E-state index is 0.104. The molecule has 3 rings (SSSR count). The first-order valence-electron chi connectivity index (χ1n) is 13.5. The highest BCUT2D eigenvalue weighted by molar-refractivity contribution is 14.1. The molecule has 0 bridgehead atoms. The summed E-state index contributed by atoms with van der Waals surface area (Å²) in [5.41, 5.74) is 6.07. The maximum atomic E-state index is 13.0. The zero-order valence-electron chi connectivity index (χ0n) is 24.3. The largest absolute Gasteiger partial charge is 0.351 e. The van der Waals surface area contributed by atoms with Crippen LogP contribution in [0.25, 0.3) is 0 Å². The summed E-state index contributed by atoms with van der Waals surface area (Å²) in [4.78, 5) is 41.1. The van der Waals surface area contributed by atoms with Gasteiger partial charge in [-0.15, -0.1) is 0 Å². The van der Waals surface area contributed by atoms with Gasteiger partial charge >= 0.3 is 0 Å². The van der Waals surface area contributed by atoms with E-state index in [0.717, 1.165) is 40.1 Å². The maximum Gasteiger partial charge on any atom is 0.252 e. The first kappa shape index (κ1) is 37.1. The van der Waals surface area contributed by atoms with Crippen LogP contribution in [0.2, 0.25) is 0 Å². The third kappa shape index (κ3) is 10.9. The zero-order chi connectivity index (χ0) is 31.8. The third-order valence-electron chi connectivity index (χ3n) is 6.89. The quantitative estimate of drug-likeness (QED) is 0.174. The van der Waals surface area contributed by atoms with E-state index < -0.39 is 0 Å². The molecule has 3 aromatic rings. The van der Waals surface area contributed by atoms with Crippen LogP contribution in [0.1, 0.15) is 53.3 Å². The number of hydrogen-bond donors (Lipinski definition) is 3. The minimum atomic E-state index is -0.110. The minimum Gasteiger partial charge on any atom is -0.351 e. The third-order valence-corrected chi connectivity index (χ3v) is 11.8. The maximum absolute atomic E-state index is 13.0. The Bertz CT molecular complexity index is 1350. The summed E-state index contributed by atoms with van der Waals surface area (Å²) < 4.78 is 5.10. The van der Waals surface area contributed by atoms with Gasteiger partial charge in [-0.2, -0.15) is 0 Å². The molecule has 0 aliphatic rings. The molecule has 7 nitrogen and oxygen atoms in total. The molecule has 0 unspecified atom stereocenters. The lowest BCUT2D eigenvalue weighted by Gasteiger charge is -2.23. The first-order valence-corrected chi connectivity index (χ1v) is 18.9. The van der Waals surface area contributed by atoms with Crippen LogP contribution in [0.5, 0.6) is 0 Å². The molecule has 0 heterocycles. The summed E-state index contributed by atoms with van der Waals surface area (Å²) in [5, 5.41) is 9.15. The molecule has 12 heteroatoms. The predicted octanol–water partition coefficient (Wildman–Crippen LogP) is 6.84. The number of hydrogen-bond acceptors (Lipinski definition) is 4. The van der Waals surface area contributed by atoms with Crippen LogP contribution in [0.4, 0.5) is 0 Å². The van der Waals surface area contributed by atoms with Crippen LogP contribution in [-0.4, -0.2) is 61.9 Å². The van der Waals surface area contributed by atoms with E-state index in [1.165, 1.54) is 0 Å². The van der Waals surface area contributed by atoms with Crippen LogP contribution < -0.4 is 16.0 Å². The number of amides is 3. The lowest BCUT2D eigenvalue weighted by Crippen LogP contribution is -2.43. The second kappa shape index (κ2) is 17.6. The Morgan fingerprint density at radius 1 is 0.581 bits per heavy atom. The summed E-state index contributed by atoms with van der Waals surface area (Å²) in [6.07, 6.45) is 0. The van der Waals surface area contributed by atoms with E-state index in [-0.39, 0.29) is 17.7 Å². The molecule has 230 valence electrons. The molecule has 0 fully saturated rings. The van der Waals surface area contributed by atoms with Crippen molar-refractivity contribution >= 4 is 131 Å². The lowest BCUT2D eigenvalue weighted by molar-refractivity contribution is 0.0947. The highest BCUT2D eigenvalue weighted by Crippen LogP contribution is 2.22. The number of rotatable bonds is 12. The molecular formula is C31H33I5N4O3. The molecular weight excluding hydrogens is 1110 g/mol. The Balaban J connectivity index is 1.63. The standard InChI is InChI=1S/C31H33I5N4O3/c1-17-11-23(19(3)26(34)12-17)29(41)37-5-8-40(9-6-38-30(42)24-14-22(33)16-27(35)20(24)4)10-7-39-31(43)25-15-21(32)13-18(2)28(25)36/h11-16H,5-10H2,1-4H3,(H,37,41)(H,38,42)(H,39,43). The molecule has 0 radical (unpaired) electrons. The van der Waals surface area contributed by atoms with Gasteiger partial charge in [-0.3, -0.25) is 19.3 Å². The number of halogens is 5. The van der Waals surface area contributed by atoms with Gasteiger partial charge in [-0.05, 0) is 199 Å². The number of aryl methyl sites for hydroxylation is 2. The van der Waals surface area contributed by atoms with Crippen molar-refractivity contribution in [2.75, 3.05) is 39.3 Å². The number of carbonyl (C=O) groups excluding carboxylic acids is 3. The average Bonchev–Trinajstić information content (AvgIpc) is 2.93. The molecule has 0 atom stereocenters. The van der Waals surface area contributed by atoms with Gasteiger partial charge in [0.05, 0.1) is 5.56 Å². The highest BCUT2D eigenvalue weighted by atomic mass is 127. The van der Waals surface area contributed by atoms with E-state index in [4.69, 9.17) is 0 Å². The average molecular weight is 1140 g/mol. The molecule has 43 heavy (non-hydrogen) atoms. The number of nitrogens with zero attached hydrogens (tertiary/aromatic N) is 1. The number of benzene rings is 3. The van der Waals surface area contributed by atoms with E-state index in [1.54, 1.807) is 0 Å². The summed E-state index contributed by atoms with van der Waals surface area (Å²) in [7, 11) is 0. The Morgan fingerprint density at radius 3 is 1.53 bits per heavy atom. The van der Waals surface area contributed by atoms with Crippen LogP contribution in [0.3, 0.4) is 0 Å². The van der Waals surface area contributed by atoms with Gasteiger partial charge in [-0.1, -0.05) is 0 Å². The fourth-order valence-corrected chi connectivity index (χ4v) is 8.39. The Morgan fingerprint density at radius 2 is 1.00 bits per heavy atom. The molecule has 0 saturated carbocycles. The van der Waals surface area contributed by atoms with Gasteiger partial charge in [0.1, 0.15) is 0 Å². The normalized spacial score (nSPS) is 11.0. The van der Waals surface area contributed by atoms with Crippen molar-refractivity contribution < 1.29 is 14.4 Å². The summed E-state index contributed by atoms with van der Waals surface area (Å²) in [6, 6.07) is 11.9. The Labute approximate surface area is 321 Å². The van der Waals surface area contributed by atoms with Crippen LogP contribution >= 0.6 is 113 Å². The number of carbonyl (C=O) groups is 3. The molecule has 0 aliphatic carbocycles. The summed E-state index contributed by atoms with van der Waals surface area (Å²) >= 11 is 11.2.